The summed E-state index contributed by atoms with van der Waals surface area (Å²) in [5.74, 6) is 1.50. The van der Waals surface area contributed by atoms with Crippen LogP contribution in [0.2, 0.25) is 0 Å². The summed E-state index contributed by atoms with van der Waals surface area (Å²) in [7, 11) is 0. The minimum absolute atomic E-state index is 0. The lowest BCUT2D eigenvalue weighted by Gasteiger charge is -2.26. The number of amides is 1. The van der Waals surface area contributed by atoms with Gasteiger partial charge in [-0.25, -0.2) is 0 Å². The maximum Gasteiger partial charge on any atom is 0.255 e. The molecule has 2 heterocycles. The Kier molecular flexibility index (Phi) is 6.96. The normalized spacial score (nSPS) is 20.3. The van der Waals surface area contributed by atoms with Gasteiger partial charge in [0, 0.05) is 35.1 Å². The van der Waals surface area contributed by atoms with E-state index in [-0.39, 0.29) is 30.4 Å². The van der Waals surface area contributed by atoms with Gasteiger partial charge < -0.3 is 20.8 Å². The van der Waals surface area contributed by atoms with Crippen LogP contribution in [0.4, 0.5) is 0 Å². The third-order valence-electron chi connectivity index (χ3n) is 6.81. The maximum atomic E-state index is 13.2. The number of aryl methyl sites for hydroxylation is 2. The molecule has 2 aromatic heterocycles. The van der Waals surface area contributed by atoms with E-state index < -0.39 is 0 Å². The van der Waals surface area contributed by atoms with Crippen LogP contribution in [0.15, 0.2) is 30.5 Å². The van der Waals surface area contributed by atoms with Crippen LogP contribution in [0, 0.1) is 19.8 Å². The number of hydrogen-bond acceptors (Lipinski definition) is 4. The number of carbonyl (C=O) groups is 1. The van der Waals surface area contributed by atoms with Gasteiger partial charge in [0.2, 0.25) is 0 Å². The van der Waals surface area contributed by atoms with E-state index in [1.165, 1.54) is 18.4 Å². The first-order valence-electron chi connectivity index (χ1n) is 11.8. The fourth-order valence-electron chi connectivity index (χ4n) is 4.70. The van der Waals surface area contributed by atoms with Gasteiger partial charge in [0.1, 0.15) is 11.3 Å². The van der Waals surface area contributed by atoms with Gasteiger partial charge in [-0.2, -0.15) is 0 Å². The first kappa shape index (κ1) is 23.6. The Labute approximate surface area is 201 Å². The minimum Gasteiger partial charge on any atom is -0.493 e. The lowest BCUT2D eigenvalue weighted by Crippen LogP contribution is -2.40. The molecular weight excluding hydrogens is 436 g/mol. The molecule has 0 saturated heterocycles. The highest BCUT2D eigenvalue weighted by molar-refractivity contribution is 6.09. The van der Waals surface area contributed by atoms with Crippen molar-refractivity contribution in [3.63, 3.8) is 0 Å². The number of hydrogen-bond donors (Lipinski definition) is 3. The van der Waals surface area contributed by atoms with Gasteiger partial charge in [-0.3, -0.25) is 9.78 Å². The van der Waals surface area contributed by atoms with Gasteiger partial charge in [0.15, 0.2) is 0 Å². The van der Waals surface area contributed by atoms with E-state index in [2.05, 4.69) is 40.4 Å². The molecule has 1 aromatic carbocycles. The monoisotopic (exact) mass is 468 g/mol. The molecule has 0 atom stereocenters. The number of aromatic nitrogens is 2. The highest BCUT2D eigenvalue weighted by Crippen LogP contribution is 2.38. The van der Waals surface area contributed by atoms with Crippen molar-refractivity contribution < 1.29 is 9.53 Å². The van der Waals surface area contributed by atoms with Crippen LogP contribution < -0.4 is 15.8 Å². The molecule has 2 fully saturated rings. The number of H-pyrrole nitrogens is 1. The maximum absolute atomic E-state index is 13.2. The highest BCUT2D eigenvalue weighted by Gasteiger charge is 2.26. The second-order valence-electron chi connectivity index (χ2n) is 9.55. The molecule has 2 saturated carbocycles. The molecule has 33 heavy (non-hydrogen) atoms. The zero-order chi connectivity index (χ0) is 22.2. The van der Waals surface area contributed by atoms with Crippen molar-refractivity contribution in [1.29, 1.82) is 0 Å². The van der Waals surface area contributed by atoms with E-state index in [1.807, 2.05) is 13.0 Å². The molecule has 0 aliphatic heterocycles. The first-order valence-corrected chi connectivity index (χ1v) is 11.8. The minimum atomic E-state index is -0.0617. The molecule has 0 radical (unpaired) electrons. The van der Waals surface area contributed by atoms with Crippen molar-refractivity contribution in [3.05, 3.63) is 47.3 Å². The van der Waals surface area contributed by atoms with Gasteiger partial charge >= 0.3 is 0 Å². The molecule has 0 spiro atoms. The van der Waals surface area contributed by atoms with E-state index in [4.69, 9.17) is 10.5 Å². The number of carbonyl (C=O) groups excluding carboxylic acids is 1. The van der Waals surface area contributed by atoms with E-state index in [1.54, 1.807) is 6.20 Å². The summed E-state index contributed by atoms with van der Waals surface area (Å²) < 4.78 is 6.19. The average Bonchev–Trinajstić information content (AvgIpc) is 3.54. The largest absolute Gasteiger partial charge is 0.493 e. The third-order valence-corrected chi connectivity index (χ3v) is 6.81. The number of rotatable bonds is 6. The average molecular weight is 469 g/mol. The summed E-state index contributed by atoms with van der Waals surface area (Å²) in [5.41, 5.74) is 12.3. The van der Waals surface area contributed by atoms with Crippen LogP contribution in [0.3, 0.4) is 0 Å². The van der Waals surface area contributed by atoms with Crippen molar-refractivity contribution in [2.24, 2.45) is 11.7 Å². The Bertz CT molecular complexity index is 1150. The number of pyridine rings is 1. The Balaban J connectivity index is 0.00000259. The van der Waals surface area contributed by atoms with Crippen molar-refractivity contribution in [2.75, 3.05) is 6.61 Å². The Hall–Kier alpha value is -2.57. The number of fused-ring (bicyclic) bond motifs is 1. The van der Waals surface area contributed by atoms with Crippen molar-refractivity contribution in [2.45, 2.75) is 64.5 Å². The van der Waals surface area contributed by atoms with Gasteiger partial charge in [0.05, 0.1) is 17.7 Å². The van der Waals surface area contributed by atoms with Crippen LogP contribution in [0.25, 0.3) is 22.2 Å². The zero-order valence-electron chi connectivity index (χ0n) is 19.3. The summed E-state index contributed by atoms with van der Waals surface area (Å²) in [4.78, 5) is 21.3. The van der Waals surface area contributed by atoms with Gasteiger partial charge in [-0.1, -0.05) is 11.6 Å². The summed E-state index contributed by atoms with van der Waals surface area (Å²) in [6.45, 7) is 4.78. The SMILES string of the molecule is Cc1ccc(OCC2CC2)c(-c2ccnc3c(C(=O)NC4CCC(N)CC4)c(C)[nH]c23)c1.Cl. The van der Waals surface area contributed by atoms with Crippen molar-refractivity contribution >= 4 is 29.3 Å². The van der Waals surface area contributed by atoms with E-state index in [0.29, 0.717) is 17.0 Å². The quantitative estimate of drug-likeness (QED) is 0.471. The Morgan fingerprint density at radius 3 is 2.61 bits per heavy atom. The number of ether oxygens (including phenoxy) is 1. The fraction of sp³-hybridized carbons (Fsp3) is 0.462. The molecule has 2 aliphatic rings. The summed E-state index contributed by atoms with van der Waals surface area (Å²) in [6, 6.07) is 8.72. The molecule has 7 heteroatoms. The summed E-state index contributed by atoms with van der Waals surface area (Å²) >= 11 is 0. The molecule has 0 bridgehead atoms. The van der Waals surface area contributed by atoms with Crippen molar-refractivity contribution in [1.82, 2.24) is 15.3 Å². The van der Waals surface area contributed by atoms with E-state index >= 15 is 0 Å². The molecule has 176 valence electrons. The highest BCUT2D eigenvalue weighted by atomic mass is 35.5. The van der Waals surface area contributed by atoms with Crippen LogP contribution in [0.5, 0.6) is 5.75 Å². The standard InChI is InChI=1S/C26H32N4O2.ClH/c1-15-3-10-22(32-14-17-4-5-17)21(13-15)20-11-12-28-25-23(16(2)29-24(20)25)26(31)30-19-8-6-18(27)7-9-19;/h3,10-13,17-19,29H,4-9,14,27H2,1-2H3,(H,30,31);1H. The molecule has 0 unspecified atom stereocenters. The number of nitrogens with two attached hydrogens (primary N) is 1. The molecule has 4 N–H and O–H groups in total. The smallest absolute Gasteiger partial charge is 0.255 e. The second kappa shape index (κ2) is 9.74. The Morgan fingerprint density at radius 2 is 1.88 bits per heavy atom. The molecule has 6 nitrogen and oxygen atoms in total. The lowest BCUT2D eigenvalue weighted by molar-refractivity contribution is 0.0927. The van der Waals surface area contributed by atoms with Gasteiger partial charge in [0.25, 0.3) is 5.91 Å². The molecule has 2 aliphatic carbocycles. The summed E-state index contributed by atoms with van der Waals surface area (Å²) in [6.07, 6.45) is 8.06. The molecule has 1 amide bonds. The van der Waals surface area contributed by atoms with Crippen molar-refractivity contribution in [3.8, 4) is 16.9 Å². The lowest BCUT2D eigenvalue weighted by atomic mass is 9.91. The van der Waals surface area contributed by atoms with Crippen LogP contribution in [-0.2, 0) is 0 Å². The predicted octanol–water partition coefficient (Wildman–Crippen LogP) is 5.06. The van der Waals surface area contributed by atoms with E-state index in [0.717, 1.165) is 60.4 Å². The number of halogens is 1. The first-order chi connectivity index (χ1) is 15.5. The van der Waals surface area contributed by atoms with Crippen LogP contribution >= 0.6 is 12.4 Å². The fourth-order valence-corrected chi connectivity index (χ4v) is 4.70. The molecule has 5 rings (SSSR count). The second-order valence-corrected chi connectivity index (χ2v) is 9.55. The number of benzene rings is 1. The van der Waals surface area contributed by atoms with E-state index in [9.17, 15) is 4.79 Å². The number of aromatic amines is 1. The van der Waals surface area contributed by atoms with Crippen LogP contribution in [0.1, 0.15) is 60.1 Å². The summed E-state index contributed by atoms with van der Waals surface area (Å²) in [5, 5.41) is 3.22. The molecule has 3 aromatic rings. The predicted molar refractivity (Wildman–Crippen MR) is 134 cm³/mol. The zero-order valence-corrected chi connectivity index (χ0v) is 20.1. The molecular formula is C26H33ClN4O2. The number of nitrogens with zero attached hydrogens (tertiary/aromatic N) is 1. The number of nitrogens with one attached hydrogen (secondary N) is 2. The Morgan fingerprint density at radius 1 is 1.12 bits per heavy atom. The van der Waals surface area contributed by atoms with Crippen LogP contribution in [-0.4, -0.2) is 34.6 Å². The third kappa shape index (κ3) is 5.02. The van der Waals surface area contributed by atoms with Gasteiger partial charge in [-0.15, -0.1) is 12.4 Å². The topological polar surface area (TPSA) is 93.0 Å². The van der Waals surface area contributed by atoms with Gasteiger partial charge in [-0.05, 0) is 76.5 Å².